The Kier molecular flexibility index (Phi) is 3.68. The van der Waals surface area contributed by atoms with Crippen LogP contribution in [0, 0.1) is 11.3 Å². The molecule has 2 N–H and O–H groups in total. The minimum absolute atomic E-state index is 0.494. The molecule has 0 aliphatic heterocycles. The average molecular weight is 210 g/mol. The Morgan fingerprint density at radius 1 is 1.27 bits per heavy atom. The molecule has 0 saturated heterocycles. The molecule has 0 heterocycles. The lowest BCUT2D eigenvalue weighted by molar-refractivity contribution is 0.0823. The van der Waals surface area contributed by atoms with E-state index in [1.807, 2.05) is 0 Å². The Morgan fingerprint density at radius 2 is 2.00 bits per heavy atom. The van der Waals surface area contributed by atoms with Gasteiger partial charge in [0.05, 0.1) is 0 Å². The first-order valence-electron chi connectivity index (χ1n) is 6.63. The molecule has 2 fully saturated rings. The van der Waals surface area contributed by atoms with Crippen molar-refractivity contribution in [3.63, 3.8) is 0 Å². The van der Waals surface area contributed by atoms with Crippen LogP contribution in [-0.2, 0) is 0 Å². The first kappa shape index (κ1) is 11.4. The molecule has 0 atom stereocenters. The zero-order valence-corrected chi connectivity index (χ0v) is 10.2. The fourth-order valence-electron chi connectivity index (χ4n) is 2.94. The van der Waals surface area contributed by atoms with Gasteiger partial charge in [0.1, 0.15) is 0 Å². The molecule has 0 spiro atoms. The molecular formula is C13H26N2. The van der Waals surface area contributed by atoms with Crippen LogP contribution in [0.3, 0.4) is 0 Å². The van der Waals surface area contributed by atoms with Crippen LogP contribution in [0.5, 0.6) is 0 Å². The molecule has 0 aromatic heterocycles. The Balaban J connectivity index is 1.64. The maximum absolute atomic E-state index is 5.88. The predicted molar refractivity (Wildman–Crippen MR) is 64.8 cm³/mol. The summed E-state index contributed by atoms with van der Waals surface area (Å²) in [6, 6.07) is 0. The van der Waals surface area contributed by atoms with Gasteiger partial charge in [0.15, 0.2) is 0 Å². The monoisotopic (exact) mass is 210 g/mol. The van der Waals surface area contributed by atoms with Crippen LogP contribution < -0.4 is 5.73 Å². The van der Waals surface area contributed by atoms with Gasteiger partial charge in [0.2, 0.25) is 0 Å². The average Bonchev–Trinajstić information content (AvgIpc) is 2.09. The molecule has 0 bridgehead atoms. The quantitative estimate of drug-likeness (QED) is 0.728. The van der Waals surface area contributed by atoms with Gasteiger partial charge in [-0.05, 0) is 50.7 Å². The van der Waals surface area contributed by atoms with Crippen LogP contribution in [-0.4, -0.2) is 31.6 Å². The lowest BCUT2D eigenvalue weighted by Crippen LogP contribution is -2.46. The van der Waals surface area contributed by atoms with Gasteiger partial charge in [0.25, 0.3) is 0 Å². The Morgan fingerprint density at radius 3 is 2.40 bits per heavy atom. The maximum Gasteiger partial charge on any atom is 0.00470 e. The lowest BCUT2D eigenvalue weighted by atomic mass is 9.68. The second-order valence-electron chi connectivity index (χ2n) is 5.88. The molecule has 0 aromatic rings. The zero-order chi connectivity index (χ0) is 10.7. The number of rotatable bonds is 6. The second-order valence-corrected chi connectivity index (χ2v) is 5.88. The highest BCUT2D eigenvalue weighted by Gasteiger charge is 2.36. The molecule has 2 aliphatic carbocycles. The molecule has 2 aliphatic rings. The summed E-state index contributed by atoms with van der Waals surface area (Å²) in [5, 5.41) is 0. The van der Waals surface area contributed by atoms with Crippen molar-refractivity contribution in [2.45, 2.75) is 44.9 Å². The fraction of sp³-hybridized carbons (Fsp3) is 1.00. The van der Waals surface area contributed by atoms with E-state index in [0.29, 0.717) is 5.41 Å². The van der Waals surface area contributed by atoms with Crippen LogP contribution >= 0.6 is 0 Å². The standard InChI is InChI=1S/C13H26N2/c1-15(9-6-12-4-2-5-12)11-13(10-14)7-3-8-13/h12H,2-11,14H2,1H3. The van der Waals surface area contributed by atoms with E-state index in [1.54, 1.807) is 0 Å². The van der Waals surface area contributed by atoms with Crippen molar-refractivity contribution in [2.75, 3.05) is 26.7 Å². The van der Waals surface area contributed by atoms with E-state index in [-0.39, 0.29) is 0 Å². The Hall–Kier alpha value is -0.0800. The predicted octanol–water partition coefficient (Wildman–Crippen LogP) is 2.24. The summed E-state index contributed by atoms with van der Waals surface area (Å²) < 4.78 is 0. The zero-order valence-electron chi connectivity index (χ0n) is 10.2. The molecule has 0 aromatic carbocycles. The summed E-state index contributed by atoms with van der Waals surface area (Å²) in [5.41, 5.74) is 6.38. The van der Waals surface area contributed by atoms with E-state index >= 15 is 0 Å². The second kappa shape index (κ2) is 4.84. The molecule has 0 amide bonds. The Labute approximate surface area is 94.2 Å². The van der Waals surface area contributed by atoms with Gasteiger partial charge >= 0.3 is 0 Å². The third-order valence-corrected chi connectivity index (χ3v) is 4.60. The third kappa shape index (κ3) is 2.73. The van der Waals surface area contributed by atoms with Crippen molar-refractivity contribution in [1.29, 1.82) is 0 Å². The van der Waals surface area contributed by atoms with E-state index in [4.69, 9.17) is 5.73 Å². The summed E-state index contributed by atoms with van der Waals surface area (Å²) in [7, 11) is 2.27. The van der Waals surface area contributed by atoms with Gasteiger partial charge in [-0.3, -0.25) is 0 Å². The molecule has 2 heteroatoms. The van der Waals surface area contributed by atoms with Gasteiger partial charge in [-0.2, -0.15) is 0 Å². The van der Waals surface area contributed by atoms with E-state index < -0.39 is 0 Å². The Bertz CT molecular complexity index is 189. The highest BCUT2D eigenvalue weighted by molar-refractivity contribution is 4.90. The molecule has 15 heavy (non-hydrogen) atoms. The molecule has 88 valence electrons. The number of hydrogen-bond donors (Lipinski definition) is 1. The van der Waals surface area contributed by atoms with E-state index in [0.717, 1.165) is 12.5 Å². The van der Waals surface area contributed by atoms with Crippen LogP contribution in [0.1, 0.15) is 44.9 Å². The smallest absolute Gasteiger partial charge is 0.00470 e. The summed E-state index contributed by atoms with van der Waals surface area (Å²) in [5.74, 6) is 1.04. The van der Waals surface area contributed by atoms with E-state index in [9.17, 15) is 0 Å². The van der Waals surface area contributed by atoms with Crippen LogP contribution in [0.15, 0.2) is 0 Å². The molecular weight excluding hydrogens is 184 g/mol. The van der Waals surface area contributed by atoms with Crippen LogP contribution in [0.4, 0.5) is 0 Å². The summed E-state index contributed by atoms with van der Waals surface area (Å²) in [4.78, 5) is 2.52. The fourth-order valence-corrected chi connectivity index (χ4v) is 2.94. The highest BCUT2D eigenvalue weighted by atomic mass is 15.1. The van der Waals surface area contributed by atoms with Crippen LogP contribution in [0.25, 0.3) is 0 Å². The number of hydrogen-bond acceptors (Lipinski definition) is 2. The topological polar surface area (TPSA) is 29.3 Å². The number of nitrogens with two attached hydrogens (primary N) is 1. The third-order valence-electron chi connectivity index (χ3n) is 4.60. The van der Waals surface area contributed by atoms with Crippen molar-refractivity contribution in [1.82, 2.24) is 4.90 Å². The van der Waals surface area contributed by atoms with Crippen LogP contribution in [0.2, 0.25) is 0 Å². The maximum atomic E-state index is 5.88. The summed E-state index contributed by atoms with van der Waals surface area (Å²) in [6.07, 6.45) is 9.96. The van der Waals surface area contributed by atoms with Crippen molar-refractivity contribution in [2.24, 2.45) is 17.1 Å². The summed E-state index contributed by atoms with van der Waals surface area (Å²) in [6.45, 7) is 3.41. The van der Waals surface area contributed by atoms with Crippen molar-refractivity contribution >= 4 is 0 Å². The largest absolute Gasteiger partial charge is 0.330 e. The van der Waals surface area contributed by atoms with Crippen molar-refractivity contribution in [3.05, 3.63) is 0 Å². The highest BCUT2D eigenvalue weighted by Crippen LogP contribution is 2.40. The SMILES string of the molecule is CN(CCC1CCC1)CC1(CN)CCC1. The van der Waals surface area contributed by atoms with Crippen molar-refractivity contribution < 1.29 is 0 Å². The normalized spacial score (nSPS) is 25.0. The molecule has 2 saturated carbocycles. The molecule has 2 nitrogen and oxygen atoms in total. The molecule has 0 radical (unpaired) electrons. The van der Waals surface area contributed by atoms with Gasteiger partial charge in [-0.25, -0.2) is 0 Å². The first-order chi connectivity index (χ1) is 7.24. The lowest BCUT2D eigenvalue weighted by Gasteiger charge is -2.44. The molecule has 0 unspecified atom stereocenters. The first-order valence-corrected chi connectivity index (χ1v) is 6.63. The van der Waals surface area contributed by atoms with Crippen molar-refractivity contribution in [3.8, 4) is 0 Å². The molecule has 2 rings (SSSR count). The summed E-state index contributed by atoms with van der Waals surface area (Å²) >= 11 is 0. The minimum Gasteiger partial charge on any atom is -0.330 e. The van der Waals surface area contributed by atoms with E-state index in [2.05, 4.69) is 11.9 Å². The number of nitrogens with zero attached hydrogens (tertiary/aromatic N) is 1. The van der Waals surface area contributed by atoms with Gasteiger partial charge in [-0.1, -0.05) is 25.7 Å². The van der Waals surface area contributed by atoms with Gasteiger partial charge in [-0.15, -0.1) is 0 Å². The van der Waals surface area contributed by atoms with Gasteiger partial charge in [0, 0.05) is 6.54 Å². The van der Waals surface area contributed by atoms with E-state index in [1.165, 1.54) is 58.0 Å². The van der Waals surface area contributed by atoms with Gasteiger partial charge < -0.3 is 10.6 Å². The minimum atomic E-state index is 0.494.